The smallest absolute Gasteiger partial charge is 0.376 e. The maximum atomic E-state index is 13.9. The Kier molecular flexibility index (Phi) is 5.37. The number of aliphatic hydroxyl groups is 1. The molecule has 3 nitrogen and oxygen atoms in total. The third-order valence-corrected chi connectivity index (χ3v) is 5.18. The van der Waals surface area contributed by atoms with Crippen molar-refractivity contribution in [3.05, 3.63) is 93.4 Å². The summed E-state index contributed by atoms with van der Waals surface area (Å²) in [5, 5.41) is 10.8. The Labute approximate surface area is 164 Å². The molecule has 0 aliphatic carbocycles. The van der Waals surface area contributed by atoms with Crippen molar-refractivity contribution in [1.82, 2.24) is 4.98 Å². The first kappa shape index (κ1) is 20.2. The van der Waals surface area contributed by atoms with Crippen molar-refractivity contribution in [2.75, 3.05) is 0 Å². The number of alkyl halides is 3. The van der Waals surface area contributed by atoms with Gasteiger partial charge in [0.1, 0.15) is 0 Å². The second kappa shape index (κ2) is 7.45. The molecule has 0 aliphatic rings. The fourth-order valence-corrected chi connectivity index (χ4v) is 3.56. The molecule has 2 atom stereocenters. The van der Waals surface area contributed by atoms with Crippen molar-refractivity contribution >= 4 is 11.6 Å². The Balaban J connectivity index is 2.08. The first-order chi connectivity index (χ1) is 13.1. The van der Waals surface area contributed by atoms with E-state index in [9.17, 15) is 23.1 Å². The number of pyridine rings is 1. The molecule has 0 bridgehead atoms. The summed E-state index contributed by atoms with van der Waals surface area (Å²) in [4.78, 5) is 13.4. The van der Waals surface area contributed by atoms with Crippen LogP contribution in [-0.2, 0) is 5.60 Å². The molecule has 7 heteroatoms. The molecule has 146 valence electrons. The minimum atomic E-state index is -4.99. The molecule has 0 radical (unpaired) electrons. The van der Waals surface area contributed by atoms with Gasteiger partial charge in [0.25, 0.3) is 0 Å². The van der Waals surface area contributed by atoms with Crippen molar-refractivity contribution in [2.24, 2.45) is 0 Å². The average molecular weight is 408 g/mol. The van der Waals surface area contributed by atoms with Gasteiger partial charge in [0.15, 0.2) is 5.60 Å². The predicted octanol–water partition coefficient (Wildman–Crippen LogP) is 5.25. The van der Waals surface area contributed by atoms with E-state index >= 15 is 0 Å². The number of H-pyrrole nitrogens is 1. The fourth-order valence-electron chi connectivity index (χ4n) is 3.22. The largest absolute Gasteiger partial charge is 0.422 e. The molecule has 2 aromatic carbocycles. The lowest BCUT2D eigenvalue weighted by Gasteiger charge is -2.36. The predicted molar refractivity (Wildman–Crippen MR) is 102 cm³/mol. The quantitative estimate of drug-likeness (QED) is 0.620. The van der Waals surface area contributed by atoms with Gasteiger partial charge in [-0.05, 0) is 28.8 Å². The third-order valence-electron chi connectivity index (χ3n) is 4.86. The molecule has 0 spiro atoms. The summed E-state index contributed by atoms with van der Waals surface area (Å²) in [6.07, 6.45) is -4.12. The molecule has 2 unspecified atom stereocenters. The summed E-state index contributed by atoms with van der Waals surface area (Å²) >= 11 is 6.31. The number of aromatic nitrogens is 1. The van der Waals surface area contributed by atoms with E-state index in [4.69, 9.17) is 11.6 Å². The van der Waals surface area contributed by atoms with E-state index in [0.717, 1.165) is 29.5 Å². The third kappa shape index (κ3) is 3.57. The lowest BCUT2D eigenvalue weighted by atomic mass is 9.78. The molecule has 0 amide bonds. The number of aromatic amines is 1. The zero-order valence-corrected chi connectivity index (χ0v) is 15.6. The molecule has 1 heterocycles. The standard InChI is InChI=1S/C21H17ClF3NO2/c1-13(20(28,21(23,24)25)16-8-10-19(27)26-12-16)17-9-7-15(11-18(17)22)14-5-3-2-4-6-14/h2-13,28H,1H3,(H,26,27). The first-order valence-corrected chi connectivity index (χ1v) is 8.85. The van der Waals surface area contributed by atoms with Crippen LogP contribution in [0, 0.1) is 0 Å². The summed E-state index contributed by atoms with van der Waals surface area (Å²) < 4.78 is 41.8. The van der Waals surface area contributed by atoms with Crippen LogP contribution in [0.3, 0.4) is 0 Å². The Morgan fingerprint density at radius 1 is 1.00 bits per heavy atom. The number of benzene rings is 2. The summed E-state index contributed by atoms with van der Waals surface area (Å²) in [6, 6.07) is 15.9. The topological polar surface area (TPSA) is 53.1 Å². The molecule has 3 rings (SSSR count). The highest BCUT2D eigenvalue weighted by molar-refractivity contribution is 6.31. The van der Waals surface area contributed by atoms with Gasteiger partial charge >= 0.3 is 6.18 Å². The Morgan fingerprint density at radius 3 is 2.21 bits per heavy atom. The average Bonchev–Trinajstić information content (AvgIpc) is 2.67. The summed E-state index contributed by atoms with van der Waals surface area (Å²) in [5.74, 6) is -1.42. The highest BCUT2D eigenvalue weighted by atomic mass is 35.5. The number of hydrogen-bond acceptors (Lipinski definition) is 2. The molecule has 0 saturated carbocycles. The maximum Gasteiger partial charge on any atom is 0.422 e. The van der Waals surface area contributed by atoms with E-state index in [1.807, 2.05) is 30.3 Å². The van der Waals surface area contributed by atoms with Gasteiger partial charge in [-0.3, -0.25) is 4.79 Å². The fraction of sp³-hybridized carbons (Fsp3) is 0.190. The maximum absolute atomic E-state index is 13.9. The second-order valence-electron chi connectivity index (χ2n) is 6.53. The van der Waals surface area contributed by atoms with Crippen LogP contribution in [0.4, 0.5) is 13.2 Å². The van der Waals surface area contributed by atoms with Crippen LogP contribution in [0.5, 0.6) is 0 Å². The molecule has 3 aromatic rings. The van der Waals surface area contributed by atoms with Crippen LogP contribution in [0.1, 0.15) is 24.0 Å². The second-order valence-corrected chi connectivity index (χ2v) is 6.94. The van der Waals surface area contributed by atoms with Gasteiger partial charge < -0.3 is 10.1 Å². The monoisotopic (exact) mass is 407 g/mol. The SMILES string of the molecule is CC(c1ccc(-c2ccccc2)cc1Cl)C(O)(c1ccc(=O)[nH]c1)C(F)(F)F. The number of rotatable bonds is 4. The van der Waals surface area contributed by atoms with E-state index in [-0.39, 0.29) is 10.6 Å². The molecule has 2 N–H and O–H groups in total. The van der Waals surface area contributed by atoms with E-state index in [2.05, 4.69) is 4.98 Å². The van der Waals surface area contributed by atoms with Crippen LogP contribution in [-0.4, -0.2) is 16.3 Å². The molecule has 0 saturated heterocycles. The van der Waals surface area contributed by atoms with E-state index in [1.165, 1.54) is 13.0 Å². The van der Waals surface area contributed by atoms with Crippen molar-refractivity contribution in [3.63, 3.8) is 0 Å². The van der Waals surface area contributed by atoms with E-state index in [0.29, 0.717) is 0 Å². The zero-order valence-electron chi connectivity index (χ0n) is 14.8. The van der Waals surface area contributed by atoms with Gasteiger partial charge in [-0.1, -0.05) is 61.0 Å². The van der Waals surface area contributed by atoms with Crippen LogP contribution in [0.25, 0.3) is 11.1 Å². The summed E-state index contributed by atoms with van der Waals surface area (Å²) in [6.45, 7) is 1.25. The highest BCUT2D eigenvalue weighted by Crippen LogP contribution is 2.49. The molecule has 28 heavy (non-hydrogen) atoms. The lowest BCUT2D eigenvalue weighted by molar-refractivity contribution is -0.274. The number of nitrogens with one attached hydrogen (secondary N) is 1. The molecule has 0 fully saturated rings. The van der Waals surface area contributed by atoms with Crippen molar-refractivity contribution in [1.29, 1.82) is 0 Å². The Morgan fingerprint density at radius 2 is 1.68 bits per heavy atom. The van der Waals surface area contributed by atoms with Crippen LogP contribution >= 0.6 is 11.6 Å². The first-order valence-electron chi connectivity index (χ1n) is 8.48. The number of hydrogen-bond donors (Lipinski definition) is 2. The summed E-state index contributed by atoms with van der Waals surface area (Å²) in [7, 11) is 0. The normalized spacial score (nSPS) is 15.1. The van der Waals surface area contributed by atoms with Crippen LogP contribution in [0.2, 0.25) is 5.02 Å². The van der Waals surface area contributed by atoms with Crippen molar-refractivity contribution in [2.45, 2.75) is 24.6 Å². The molecule has 0 aliphatic heterocycles. The van der Waals surface area contributed by atoms with Crippen molar-refractivity contribution in [3.8, 4) is 11.1 Å². The van der Waals surface area contributed by atoms with Gasteiger partial charge in [0.05, 0.1) is 0 Å². The molecule has 1 aromatic heterocycles. The Hall–Kier alpha value is -2.57. The van der Waals surface area contributed by atoms with E-state index in [1.54, 1.807) is 12.1 Å². The van der Waals surface area contributed by atoms with Gasteiger partial charge in [-0.2, -0.15) is 13.2 Å². The number of halogens is 4. The zero-order chi connectivity index (χ0) is 20.5. The Bertz CT molecular complexity index is 1010. The van der Waals surface area contributed by atoms with E-state index < -0.39 is 28.8 Å². The summed E-state index contributed by atoms with van der Waals surface area (Å²) in [5.41, 5.74) is -2.49. The molecular weight excluding hydrogens is 391 g/mol. The van der Waals surface area contributed by atoms with Crippen LogP contribution < -0.4 is 5.56 Å². The van der Waals surface area contributed by atoms with Gasteiger partial charge in [0, 0.05) is 28.8 Å². The van der Waals surface area contributed by atoms with Gasteiger partial charge in [0.2, 0.25) is 5.56 Å². The van der Waals surface area contributed by atoms with Crippen molar-refractivity contribution < 1.29 is 18.3 Å². The minimum Gasteiger partial charge on any atom is -0.376 e. The van der Waals surface area contributed by atoms with Gasteiger partial charge in [-0.25, -0.2) is 0 Å². The molecular formula is C21H17ClF3NO2. The van der Waals surface area contributed by atoms with Gasteiger partial charge in [-0.15, -0.1) is 0 Å². The van der Waals surface area contributed by atoms with Crippen LogP contribution in [0.15, 0.2) is 71.7 Å². The highest BCUT2D eigenvalue weighted by Gasteiger charge is 2.59. The lowest BCUT2D eigenvalue weighted by Crippen LogP contribution is -2.46. The minimum absolute atomic E-state index is 0.112.